The summed E-state index contributed by atoms with van der Waals surface area (Å²) < 4.78 is 13.9. The molecule has 0 unspecified atom stereocenters. The maximum atomic E-state index is 9.09. The summed E-state index contributed by atoms with van der Waals surface area (Å²) in [5, 5.41) is 26.7. The van der Waals surface area contributed by atoms with Crippen LogP contribution in [0.2, 0.25) is 0 Å². The Hall–Kier alpha value is -0.175. The zero-order chi connectivity index (χ0) is 8.06. The summed E-state index contributed by atoms with van der Waals surface area (Å²) in [7, 11) is 0. The Morgan fingerprint density at radius 3 is 2.64 bits per heavy atom. The van der Waals surface area contributed by atoms with E-state index in [2.05, 4.69) is 9.31 Å². The van der Waals surface area contributed by atoms with Gasteiger partial charge in [0.1, 0.15) is 12.4 Å². The van der Waals surface area contributed by atoms with E-state index in [0.717, 1.165) is 0 Å². The Labute approximate surface area is 62.3 Å². The van der Waals surface area contributed by atoms with E-state index in [9.17, 15) is 0 Å². The molecule has 2 aliphatic rings. The van der Waals surface area contributed by atoms with Crippen molar-refractivity contribution in [3.05, 3.63) is 0 Å². The Kier molecular flexibility index (Phi) is 1.47. The van der Waals surface area contributed by atoms with Crippen LogP contribution in [0.15, 0.2) is 0 Å². The van der Waals surface area contributed by atoms with Crippen molar-refractivity contribution in [3.63, 3.8) is 0 Å². The van der Waals surface area contributed by atoms with Crippen molar-refractivity contribution in [2.24, 2.45) is 0 Å². The largest absolute Gasteiger partial charge is 0.533 e. The van der Waals surface area contributed by atoms with Crippen LogP contribution in [0.1, 0.15) is 0 Å². The van der Waals surface area contributed by atoms with Crippen LogP contribution in [0.3, 0.4) is 0 Å². The van der Waals surface area contributed by atoms with Gasteiger partial charge in [-0.25, -0.2) is 0 Å². The molecule has 6 nitrogen and oxygen atoms in total. The van der Waals surface area contributed by atoms with Crippen LogP contribution in [0.25, 0.3) is 0 Å². The van der Waals surface area contributed by atoms with E-state index in [1.165, 1.54) is 0 Å². The first kappa shape index (κ1) is 7.47. The Morgan fingerprint density at radius 2 is 2.00 bits per heavy atom. The first-order chi connectivity index (χ1) is 5.08. The number of hydrogen-bond donors (Lipinski definition) is 3. The van der Waals surface area contributed by atoms with Gasteiger partial charge in [0.15, 0.2) is 0 Å². The van der Waals surface area contributed by atoms with Gasteiger partial charge in [0, 0.05) is 0 Å². The average Bonchev–Trinajstić information content (AvgIpc) is 2.31. The van der Waals surface area contributed by atoms with Crippen LogP contribution in [-0.2, 0) is 14.0 Å². The summed E-state index contributed by atoms with van der Waals surface area (Å²) in [5.74, 6) is 0. The van der Waals surface area contributed by atoms with E-state index < -0.39 is 25.5 Å². The predicted molar refractivity (Wildman–Crippen MR) is 31.9 cm³/mol. The lowest BCUT2D eigenvalue weighted by Crippen LogP contribution is -2.40. The topological polar surface area (TPSA) is 88.4 Å². The molecule has 2 aliphatic heterocycles. The fourth-order valence-electron chi connectivity index (χ4n) is 1.25. The molecule has 0 aliphatic carbocycles. The summed E-state index contributed by atoms with van der Waals surface area (Å²) in [4.78, 5) is 0. The normalized spacial score (nSPS) is 47.7. The van der Waals surface area contributed by atoms with E-state index in [-0.39, 0.29) is 6.61 Å². The maximum absolute atomic E-state index is 9.09. The Balaban J connectivity index is 2.10. The van der Waals surface area contributed by atoms with E-state index in [0.29, 0.717) is 0 Å². The third-order valence-electron chi connectivity index (χ3n) is 1.72. The minimum absolute atomic E-state index is 0.0987. The quantitative estimate of drug-likeness (QED) is 0.343. The molecule has 11 heavy (non-hydrogen) atoms. The van der Waals surface area contributed by atoms with Crippen molar-refractivity contribution in [2.75, 3.05) is 6.61 Å². The van der Waals surface area contributed by atoms with Crippen LogP contribution in [0.5, 0.6) is 0 Å². The number of rotatable bonds is 0. The van der Waals surface area contributed by atoms with Crippen LogP contribution in [0, 0.1) is 0 Å². The summed E-state index contributed by atoms with van der Waals surface area (Å²) >= 11 is 0. The average molecular weight is 163 g/mol. The predicted octanol–water partition coefficient (Wildman–Crippen LogP) is -2.46. The number of aliphatic hydroxyl groups is 1. The summed E-state index contributed by atoms with van der Waals surface area (Å²) in [6.07, 6.45) is -2.46. The highest BCUT2D eigenvalue weighted by atomic mass is 16.9. The Morgan fingerprint density at radius 1 is 1.27 bits per heavy atom. The number of ether oxygens (including phenoxy) is 1. The molecule has 2 rings (SSSR count). The van der Waals surface area contributed by atoms with E-state index in [4.69, 9.17) is 19.9 Å². The van der Waals surface area contributed by atoms with Gasteiger partial charge in [0.05, 0.1) is 12.7 Å². The second kappa shape index (κ2) is 2.16. The van der Waals surface area contributed by atoms with Crippen LogP contribution < -0.4 is 0 Å². The highest BCUT2D eigenvalue weighted by molar-refractivity contribution is 6.51. The third kappa shape index (κ3) is 1.15. The highest BCUT2D eigenvalue weighted by Gasteiger charge is 2.48. The van der Waals surface area contributed by atoms with Gasteiger partial charge in [0.25, 0.3) is 0 Å². The first-order valence-corrected chi connectivity index (χ1v) is 3.32. The van der Waals surface area contributed by atoms with Crippen molar-refractivity contribution in [1.29, 1.82) is 0 Å². The summed E-state index contributed by atoms with van der Waals surface area (Å²) in [6.45, 7) is -3.12. The molecule has 64 valence electrons. The van der Waals surface area contributed by atoms with Gasteiger partial charge in [-0.05, 0) is 0 Å². The fourth-order valence-corrected chi connectivity index (χ4v) is 1.25. The zero-order valence-electron chi connectivity index (χ0n) is 5.58. The second-order valence-corrected chi connectivity index (χ2v) is 2.64. The standard InChI is InChI=1S/C4H8BO6/c6-2-1-9-4-3(2)10-5(7,8)11-4/h2-4,6-8H,1H2/q-1/t2-,3+,4+/m0/s1. The molecule has 0 spiro atoms. The lowest BCUT2D eigenvalue weighted by molar-refractivity contribution is -0.0594. The Bertz CT molecular complexity index is 172. The van der Waals surface area contributed by atoms with Crippen LogP contribution >= 0.6 is 0 Å². The first-order valence-electron chi connectivity index (χ1n) is 3.32. The summed E-state index contributed by atoms with van der Waals surface area (Å²) in [6, 6.07) is 0. The monoisotopic (exact) mass is 163 g/mol. The molecule has 0 aromatic rings. The SMILES string of the molecule is O[C@H]1CO[C@@H]2O[B-](O)(O)O[C@@H]21. The van der Waals surface area contributed by atoms with E-state index in [1.54, 1.807) is 0 Å². The van der Waals surface area contributed by atoms with Gasteiger partial charge in [0.2, 0.25) is 0 Å². The second-order valence-electron chi connectivity index (χ2n) is 2.64. The van der Waals surface area contributed by atoms with E-state index >= 15 is 0 Å². The van der Waals surface area contributed by atoms with Crippen LogP contribution in [0.4, 0.5) is 0 Å². The van der Waals surface area contributed by atoms with Gasteiger partial charge >= 0.3 is 6.96 Å². The van der Waals surface area contributed by atoms with Gasteiger partial charge in [-0.3, -0.25) is 0 Å². The van der Waals surface area contributed by atoms with Crippen LogP contribution in [-0.4, -0.2) is 47.2 Å². The minimum Gasteiger partial charge on any atom is -0.533 e. The number of fused-ring (bicyclic) bond motifs is 1. The summed E-state index contributed by atoms with van der Waals surface area (Å²) in [5.41, 5.74) is 0. The molecule has 0 aromatic heterocycles. The lowest BCUT2D eigenvalue weighted by Gasteiger charge is -2.22. The molecular weight excluding hydrogens is 155 g/mol. The number of aliphatic hydroxyl groups excluding tert-OH is 1. The van der Waals surface area contributed by atoms with Crippen molar-refractivity contribution >= 4 is 6.96 Å². The van der Waals surface area contributed by atoms with Gasteiger partial charge in [-0.1, -0.05) is 0 Å². The molecule has 2 heterocycles. The molecule has 0 bridgehead atoms. The van der Waals surface area contributed by atoms with Gasteiger partial charge < -0.3 is 29.2 Å². The van der Waals surface area contributed by atoms with Gasteiger partial charge in [-0.2, -0.15) is 0 Å². The molecule has 7 heteroatoms. The molecule has 0 aromatic carbocycles. The minimum atomic E-state index is -3.22. The molecule has 0 saturated carbocycles. The molecule has 2 saturated heterocycles. The van der Waals surface area contributed by atoms with Crippen molar-refractivity contribution in [2.45, 2.75) is 18.5 Å². The van der Waals surface area contributed by atoms with Crippen molar-refractivity contribution < 1.29 is 29.2 Å². The van der Waals surface area contributed by atoms with Gasteiger partial charge in [-0.15, -0.1) is 0 Å². The smallest absolute Gasteiger partial charge is 0.528 e. The third-order valence-corrected chi connectivity index (χ3v) is 1.72. The molecule has 3 atom stereocenters. The maximum Gasteiger partial charge on any atom is 0.528 e. The molecule has 2 fully saturated rings. The van der Waals surface area contributed by atoms with Crippen molar-refractivity contribution in [3.8, 4) is 0 Å². The molecule has 0 amide bonds. The molecular formula is C4H8BO6-. The highest BCUT2D eigenvalue weighted by Crippen LogP contribution is 2.29. The number of hydrogen-bond acceptors (Lipinski definition) is 6. The lowest BCUT2D eigenvalue weighted by atomic mass is 10.1. The molecule has 0 radical (unpaired) electrons. The fraction of sp³-hybridized carbons (Fsp3) is 1.00. The van der Waals surface area contributed by atoms with E-state index in [1.807, 2.05) is 0 Å². The van der Waals surface area contributed by atoms with Crippen molar-refractivity contribution in [1.82, 2.24) is 0 Å². The zero-order valence-corrected chi connectivity index (χ0v) is 5.58. The molecule has 3 N–H and O–H groups in total.